The summed E-state index contributed by atoms with van der Waals surface area (Å²) < 4.78 is 12.4. The molecule has 0 radical (unpaired) electrons. The Morgan fingerprint density at radius 1 is 1.16 bits per heavy atom. The van der Waals surface area contributed by atoms with Gasteiger partial charge in [-0.1, -0.05) is 25.8 Å². The monoisotopic (exact) mass is 511 g/mol. The lowest BCUT2D eigenvalue weighted by Crippen LogP contribution is -2.65. The van der Waals surface area contributed by atoms with Gasteiger partial charge in [0.15, 0.2) is 17.2 Å². The molecule has 0 bridgehead atoms. The van der Waals surface area contributed by atoms with Gasteiger partial charge in [-0.25, -0.2) is 0 Å². The van der Waals surface area contributed by atoms with Gasteiger partial charge in [0.05, 0.1) is 20.3 Å². The van der Waals surface area contributed by atoms with E-state index >= 15 is 0 Å². The Morgan fingerprint density at radius 3 is 2.59 bits per heavy atom. The van der Waals surface area contributed by atoms with Gasteiger partial charge in [-0.05, 0) is 50.8 Å². The molecule has 3 amide bonds. The summed E-state index contributed by atoms with van der Waals surface area (Å²) in [5.41, 5.74) is 0.200. The fourth-order valence-electron chi connectivity index (χ4n) is 5.11. The topological polar surface area (TPSA) is 115 Å². The average Bonchev–Trinajstić information content (AvgIpc) is 3.56. The van der Waals surface area contributed by atoms with E-state index < -0.39 is 11.4 Å². The van der Waals surface area contributed by atoms with Gasteiger partial charge in [-0.15, -0.1) is 0 Å². The number of amides is 3. The van der Waals surface area contributed by atoms with Gasteiger partial charge in [-0.3, -0.25) is 19.1 Å². The first kappa shape index (κ1) is 26.5. The first-order valence-corrected chi connectivity index (χ1v) is 13.1. The number of benzene rings is 1. The molecule has 0 saturated heterocycles. The normalized spacial score (nSPS) is 19.5. The molecular formula is C27H37N5O5. The molecule has 1 saturated carbocycles. The molecule has 1 aliphatic carbocycles. The number of fused-ring (bicyclic) bond motifs is 1. The van der Waals surface area contributed by atoms with E-state index in [0.29, 0.717) is 36.8 Å². The van der Waals surface area contributed by atoms with E-state index in [0.717, 1.165) is 31.2 Å². The summed E-state index contributed by atoms with van der Waals surface area (Å²) in [5.74, 6) is 0.360. The van der Waals surface area contributed by atoms with Crippen LogP contribution < -0.4 is 20.1 Å². The van der Waals surface area contributed by atoms with Crippen LogP contribution in [0.3, 0.4) is 0 Å². The van der Waals surface area contributed by atoms with E-state index in [1.807, 2.05) is 26.0 Å². The molecule has 1 atom stereocenters. The lowest BCUT2D eigenvalue weighted by atomic mass is 9.94. The van der Waals surface area contributed by atoms with Crippen LogP contribution in [0.1, 0.15) is 79.4 Å². The molecule has 2 N–H and O–H groups in total. The highest BCUT2D eigenvalue weighted by atomic mass is 16.5. The van der Waals surface area contributed by atoms with Crippen molar-refractivity contribution >= 4 is 17.7 Å². The van der Waals surface area contributed by atoms with E-state index in [-0.39, 0.29) is 36.6 Å². The zero-order chi connectivity index (χ0) is 26.6. The van der Waals surface area contributed by atoms with Crippen molar-refractivity contribution in [2.24, 2.45) is 0 Å². The lowest BCUT2D eigenvalue weighted by molar-refractivity contribution is -0.133. The van der Waals surface area contributed by atoms with E-state index in [9.17, 15) is 14.4 Å². The largest absolute Gasteiger partial charge is 0.493 e. The maximum Gasteiger partial charge on any atom is 0.273 e. The predicted molar refractivity (Wildman–Crippen MR) is 138 cm³/mol. The van der Waals surface area contributed by atoms with Crippen molar-refractivity contribution in [1.82, 2.24) is 25.3 Å². The molecule has 1 fully saturated rings. The molecule has 200 valence electrons. The first-order chi connectivity index (χ1) is 17.8. The van der Waals surface area contributed by atoms with Gasteiger partial charge in [0.1, 0.15) is 11.2 Å². The average molecular weight is 512 g/mol. The second-order valence-electron chi connectivity index (χ2n) is 9.86. The number of aromatic nitrogens is 2. The van der Waals surface area contributed by atoms with Gasteiger partial charge in [0.2, 0.25) is 5.91 Å². The second-order valence-corrected chi connectivity index (χ2v) is 9.86. The molecule has 0 spiro atoms. The molecule has 1 aromatic heterocycles. The van der Waals surface area contributed by atoms with Crippen molar-refractivity contribution in [3.8, 4) is 11.5 Å². The Kier molecular flexibility index (Phi) is 8.04. The molecule has 1 aliphatic heterocycles. The Hall–Kier alpha value is -3.56. The molecular weight excluding hydrogens is 474 g/mol. The van der Waals surface area contributed by atoms with Crippen LogP contribution >= 0.6 is 0 Å². The van der Waals surface area contributed by atoms with Crippen LogP contribution in [0, 0.1) is 0 Å². The highest BCUT2D eigenvalue weighted by molar-refractivity contribution is 6.02. The number of hydrogen-bond donors (Lipinski definition) is 2. The van der Waals surface area contributed by atoms with Gasteiger partial charge in [-0.2, -0.15) is 5.10 Å². The third kappa shape index (κ3) is 5.42. The summed E-state index contributed by atoms with van der Waals surface area (Å²) in [5, 5.41) is 10.4. The maximum atomic E-state index is 13.5. The van der Waals surface area contributed by atoms with E-state index in [2.05, 4.69) is 15.7 Å². The Bertz CT molecular complexity index is 1160. The van der Waals surface area contributed by atoms with Crippen molar-refractivity contribution in [1.29, 1.82) is 0 Å². The molecule has 1 unspecified atom stereocenters. The number of methoxy groups -OCH3 is 1. The summed E-state index contributed by atoms with van der Waals surface area (Å²) in [4.78, 5) is 41.4. The fraction of sp³-hybridized carbons (Fsp3) is 0.556. The van der Waals surface area contributed by atoms with Crippen LogP contribution in [0.15, 0.2) is 24.3 Å². The van der Waals surface area contributed by atoms with Gasteiger partial charge < -0.3 is 25.0 Å². The third-order valence-corrected chi connectivity index (χ3v) is 7.14. The molecule has 10 heteroatoms. The zero-order valence-electron chi connectivity index (χ0n) is 22.1. The smallest absolute Gasteiger partial charge is 0.273 e. The third-order valence-electron chi connectivity index (χ3n) is 7.14. The highest BCUT2D eigenvalue weighted by Gasteiger charge is 2.48. The number of hydrogen-bond acceptors (Lipinski definition) is 6. The van der Waals surface area contributed by atoms with Gasteiger partial charge in [0, 0.05) is 25.2 Å². The Morgan fingerprint density at radius 2 is 1.92 bits per heavy atom. The highest BCUT2D eigenvalue weighted by Crippen LogP contribution is 2.30. The van der Waals surface area contributed by atoms with Gasteiger partial charge in [0.25, 0.3) is 11.8 Å². The molecule has 37 heavy (non-hydrogen) atoms. The van der Waals surface area contributed by atoms with Gasteiger partial charge >= 0.3 is 0 Å². The molecule has 4 rings (SSSR count). The van der Waals surface area contributed by atoms with Crippen molar-refractivity contribution < 1.29 is 23.9 Å². The number of nitrogens with one attached hydrogen (secondary N) is 2. The summed E-state index contributed by atoms with van der Waals surface area (Å²) >= 11 is 0. The second kappa shape index (κ2) is 11.2. The van der Waals surface area contributed by atoms with Crippen molar-refractivity contribution in [3.05, 3.63) is 41.2 Å². The van der Waals surface area contributed by atoms with Crippen LogP contribution in [0.25, 0.3) is 0 Å². The molecule has 2 aliphatic rings. The summed E-state index contributed by atoms with van der Waals surface area (Å²) in [6.45, 7) is 7.07. The van der Waals surface area contributed by atoms with Crippen LogP contribution in [0.5, 0.6) is 11.5 Å². The first-order valence-electron chi connectivity index (χ1n) is 13.1. The van der Waals surface area contributed by atoms with Crippen molar-refractivity contribution in [3.63, 3.8) is 0 Å². The molecule has 2 aromatic rings. The van der Waals surface area contributed by atoms with Crippen LogP contribution in [-0.4, -0.2) is 64.2 Å². The van der Waals surface area contributed by atoms with Crippen molar-refractivity contribution in [2.45, 2.75) is 77.5 Å². The number of carbonyl (C=O) groups excluding carboxylic acids is 3. The van der Waals surface area contributed by atoms with E-state index in [4.69, 9.17) is 9.47 Å². The van der Waals surface area contributed by atoms with Crippen LogP contribution in [0.4, 0.5) is 0 Å². The standard InChI is InChI=1S/C27H37N5O5/c1-5-13-31-25(34)21-15-20(24(33)28-16-18-11-12-22(37-6-2)23(14-18)36-4)30-32(21)17-27(31,3)26(35)29-19-9-7-8-10-19/h11-12,14-15,19H,5-10,13,16-17H2,1-4H3,(H,28,33)(H,29,35). The summed E-state index contributed by atoms with van der Waals surface area (Å²) in [6.07, 6.45) is 4.84. The minimum atomic E-state index is -1.08. The fourth-order valence-corrected chi connectivity index (χ4v) is 5.11. The number of nitrogens with zero attached hydrogens (tertiary/aromatic N) is 3. The summed E-state index contributed by atoms with van der Waals surface area (Å²) in [7, 11) is 1.57. The quantitative estimate of drug-likeness (QED) is 0.507. The lowest BCUT2D eigenvalue weighted by Gasteiger charge is -2.43. The minimum Gasteiger partial charge on any atom is -0.493 e. The summed E-state index contributed by atoms with van der Waals surface area (Å²) in [6, 6.07) is 7.12. The number of ether oxygens (including phenoxy) is 2. The number of carbonyl (C=O) groups is 3. The maximum absolute atomic E-state index is 13.5. The minimum absolute atomic E-state index is 0.137. The predicted octanol–water partition coefficient (Wildman–Crippen LogP) is 2.90. The van der Waals surface area contributed by atoms with E-state index in [1.165, 1.54) is 10.7 Å². The molecule has 10 nitrogen and oxygen atoms in total. The van der Waals surface area contributed by atoms with Crippen molar-refractivity contribution in [2.75, 3.05) is 20.3 Å². The Balaban J connectivity index is 1.50. The van der Waals surface area contributed by atoms with Crippen LogP contribution in [-0.2, 0) is 17.9 Å². The zero-order valence-corrected chi connectivity index (χ0v) is 22.1. The molecule has 1 aromatic carbocycles. The molecule has 2 heterocycles. The van der Waals surface area contributed by atoms with E-state index in [1.54, 1.807) is 25.0 Å². The number of rotatable bonds is 10. The Labute approximate surface area is 217 Å². The van der Waals surface area contributed by atoms with Crippen LogP contribution in [0.2, 0.25) is 0 Å². The SMILES string of the molecule is CCCN1C(=O)c2cc(C(=O)NCc3ccc(OCC)c(OC)c3)nn2CC1(C)C(=O)NC1CCCC1.